The summed E-state index contributed by atoms with van der Waals surface area (Å²) in [6.07, 6.45) is -3.68. The molecule has 1 aromatic carbocycles. The van der Waals surface area contributed by atoms with Crippen LogP contribution in [0.25, 0.3) is 0 Å². The molecule has 0 radical (unpaired) electrons. The van der Waals surface area contributed by atoms with Crippen LogP contribution < -0.4 is 4.74 Å². The van der Waals surface area contributed by atoms with Crippen molar-refractivity contribution in [3.8, 4) is 5.75 Å². The number of halogens is 4. The van der Waals surface area contributed by atoms with Gasteiger partial charge in [-0.2, -0.15) is 4.99 Å². The lowest BCUT2D eigenvalue weighted by molar-refractivity contribution is -0.274. The van der Waals surface area contributed by atoms with Crippen molar-refractivity contribution < 1.29 is 22.7 Å². The summed E-state index contributed by atoms with van der Waals surface area (Å²) in [6.45, 7) is 0. The van der Waals surface area contributed by atoms with E-state index in [4.69, 9.17) is 0 Å². The normalized spacial score (nSPS) is 10.7. The Kier molecular flexibility index (Phi) is 3.49. The first-order chi connectivity index (χ1) is 6.92. The average molecular weight is 282 g/mol. The van der Waals surface area contributed by atoms with E-state index in [-0.39, 0.29) is 5.69 Å². The van der Waals surface area contributed by atoms with E-state index in [0.29, 0.717) is 4.47 Å². The first kappa shape index (κ1) is 11.7. The molecule has 0 aliphatic heterocycles. The standard InChI is InChI=1S/C8H3BrF3NO2/c9-5-1-2-6(13-4-14)7(3-5)15-8(10,11)12/h1-3H. The number of alkyl halides is 3. The van der Waals surface area contributed by atoms with Crippen molar-refractivity contribution in [3.05, 3.63) is 22.7 Å². The molecule has 7 heteroatoms. The van der Waals surface area contributed by atoms with Gasteiger partial charge in [-0.15, -0.1) is 13.2 Å². The fraction of sp³-hybridized carbons (Fsp3) is 0.125. The summed E-state index contributed by atoms with van der Waals surface area (Å²) in [5, 5.41) is 0. The van der Waals surface area contributed by atoms with E-state index in [9.17, 15) is 18.0 Å². The van der Waals surface area contributed by atoms with Crippen LogP contribution in [0.2, 0.25) is 0 Å². The van der Waals surface area contributed by atoms with Crippen LogP contribution in [-0.4, -0.2) is 12.4 Å². The number of benzene rings is 1. The fourth-order valence-corrected chi connectivity index (χ4v) is 1.18. The Bertz CT molecular complexity index is 413. The van der Waals surface area contributed by atoms with Crippen molar-refractivity contribution in [1.29, 1.82) is 0 Å². The van der Waals surface area contributed by atoms with Crippen LogP contribution >= 0.6 is 15.9 Å². The molecular formula is C8H3BrF3NO2. The third-order valence-electron chi connectivity index (χ3n) is 1.31. The lowest BCUT2D eigenvalue weighted by Crippen LogP contribution is -2.17. The topological polar surface area (TPSA) is 38.7 Å². The molecule has 80 valence electrons. The highest BCUT2D eigenvalue weighted by atomic mass is 79.9. The number of ether oxygens (including phenoxy) is 1. The fourth-order valence-electron chi connectivity index (χ4n) is 0.836. The Morgan fingerprint density at radius 2 is 2.07 bits per heavy atom. The predicted octanol–water partition coefficient (Wildman–Crippen LogP) is 3.32. The van der Waals surface area contributed by atoms with E-state index in [1.165, 1.54) is 12.1 Å². The molecule has 0 fully saturated rings. The summed E-state index contributed by atoms with van der Waals surface area (Å²) < 4.78 is 39.8. The Hall–Kier alpha value is -1.33. The zero-order chi connectivity index (χ0) is 11.5. The van der Waals surface area contributed by atoms with E-state index >= 15 is 0 Å². The van der Waals surface area contributed by atoms with Crippen molar-refractivity contribution in [2.45, 2.75) is 6.36 Å². The number of aliphatic imine (C=N–C) groups is 1. The minimum Gasteiger partial charge on any atom is -0.403 e. The molecule has 0 aliphatic rings. The molecule has 15 heavy (non-hydrogen) atoms. The lowest BCUT2D eigenvalue weighted by atomic mass is 10.3. The molecule has 0 unspecified atom stereocenters. The molecule has 0 amide bonds. The SMILES string of the molecule is O=C=Nc1ccc(Br)cc1OC(F)(F)F. The zero-order valence-electron chi connectivity index (χ0n) is 7.01. The Morgan fingerprint density at radius 3 is 2.60 bits per heavy atom. The number of carbonyl (C=O) groups excluding carboxylic acids is 1. The summed E-state index contributed by atoms with van der Waals surface area (Å²) in [5.41, 5.74) is -0.231. The van der Waals surface area contributed by atoms with Gasteiger partial charge >= 0.3 is 6.36 Å². The van der Waals surface area contributed by atoms with Crippen LogP contribution in [-0.2, 0) is 4.79 Å². The largest absolute Gasteiger partial charge is 0.573 e. The maximum absolute atomic E-state index is 11.9. The third kappa shape index (κ3) is 3.73. The van der Waals surface area contributed by atoms with Gasteiger partial charge in [0.15, 0.2) is 5.75 Å². The molecular weight excluding hydrogens is 279 g/mol. The second kappa shape index (κ2) is 4.46. The molecule has 0 spiro atoms. The van der Waals surface area contributed by atoms with Gasteiger partial charge < -0.3 is 4.74 Å². The number of hydrogen-bond donors (Lipinski definition) is 0. The maximum atomic E-state index is 11.9. The van der Waals surface area contributed by atoms with Crippen LogP contribution in [0.3, 0.4) is 0 Å². The van der Waals surface area contributed by atoms with E-state index < -0.39 is 12.1 Å². The summed E-state index contributed by atoms with van der Waals surface area (Å²) in [5.74, 6) is -0.555. The highest BCUT2D eigenvalue weighted by Crippen LogP contribution is 2.34. The molecule has 0 saturated heterocycles. The van der Waals surface area contributed by atoms with Gasteiger partial charge in [0, 0.05) is 4.47 Å². The summed E-state index contributed by atoms with van der Waals surface area (Å²) in [6, 6.07) is 3.69. The highest BCUT2D eigenvalue weighted by Gasteiger charge is 2.32. The van der Waals surface area contributed by atoms with Gasteiger partial charge in [-0.1, -0.05) is 15.9 Å². The van der Waals surface area contributed by atoms with Gasteiger partial charge in [-0.25, -0.2) is 4.79 Å². The highest BCUT2D eigenvalue weighted by molar-refractivity contribution is 9.10. The Morgan fingerprint density at radius 1 is 1.40 bits per heavy atom. The molecule has 1 rings (SSSR count). The average Bonchev–Trinajstić information content (AvgIpc) is 2.07. The molecule has 0 saturated carbocycles. The summed E-state index contributed by atoms with van der Waals surface area (Å²) >= 11 is 2.97. The van der Waals surface area contributed by atoms with Gasteiger partial charge in [0.25, 0.3) is 0 Å². The quantitative estimate of drug-likeness (QED) is 0.616. The number of nitrogens with zero attached hydrogens (tertiary/aromatic N) is 1. The molecule has 0 bridgehead atoms. The second-order valence-corrected chi connectivity index (χ2v) is 3.28. The minimum atomic E-state index is -4.83. The van der Waals surface area contributed by atoms with E-state index in [0.717, 1.165) is 12.1 Å². The van der Waals surface area contributed by atoms with Crippen LogP contribution in [0.1, 0.15) is 0 Å². The van der Waals surface area contributed by atoms with Gasteiger partial charge in [0.1, 0.15) is 5.69 Å². The van der Waals surface area contributed by atoms with Gasteiger partial charge in [0.05, 0.1) is 0 Å². The lowest BCUT2D eigenvalue weighted by Gasteiger charge is -2.10. The van der Waals surface area contributed by atoms with Crippen molar-refractivity contribution in [3.63, 3.8) is 0 Å². The number of hydrogen-bond acceptors (Lipinski definition) is 3. The number of rotatable bonds is 2. The minimum absolute atomic E-state index is 0.231. The first-order valence-electron chi connectivity index (χ1n) is 3.55. The van der Waals surface area contributed by atoms with Crippen LogP contribution in [0.5, 0.6) is 5.75 Å². The summed E-state index contributed by atoms with van der Waals surface area (Å²) in [4.78, 5) is 13.0. The smallest absolute Gasteiger partial charge is 0.403 e. The van der Waals surface area contributed by atoms with Crippen LogP contribution in [0.15, 0.2) is 27.7 Å². The molecule has 1 aromatic rings. The van der Waals surface area contributed by atoms with Crippen molar-refractivity contribution in [1.82, 2.24) is 0 Å². The molecule has 3 nitrogen and oxygen atoms in total. The van der Waals surface area contributed by atoms with Crippen molar-refractivity contribution >= 4 is 27.7 Å². The number of isocyanates is 1. The predicted molar refractivity (Wildman–Crippen MR) is 48.6 cm³/mol. The summed E-state index contributed by atoms with van der Waals surface area (Å²) in [7, 11) is 0. The van der Waals surface area contributed by atoms with E-state index in [1.54, 1.807) is 0 Å². The van der Waals surface area contributed by atoms with E-state index in [2.05, 4.69) is 25.7 Å². The van der Waals surface area contributed by atoms with Crippen molar-refractivity contribution in [2.75, 3.05) is 0 Å². The van der Waals surface area contributed by atoms with Crippen LogP contribution in [0, 0.1) is 0 Å². The van der Waals surface area contributed by atoms with E-state index in [1.807, 2.05) is 0 Å². The Labute approximate surface area is 90.7 Å². The van der Waals surface area contributed by atoms with Gasteiger partial charge in [0.2, 0.25) is 6.08 Å². The third-order valence-corrected chi connectivity index (χ3v) is 1.81. The molecule has 0 heterocycles. The zero-order valence-corrected chi connectivity index (χ0v) is 8.59. The van der Waals surface area contributed by atoms with Gasteiger partial charge in [-0.3, -0.25) is 0 Å². The monoisotopic (exact) mass is 281 g/mol. The molecule has 0 aromatic heterocycles. The Balaban J connectivity index is 3.13. The first-order valence-corrected chi connectivity index (χ1v) is 4.35. The molecule has 0 atom stereocenters. The van der Waals surface area contributed by atoms with Crippen molar-refractivity contribution in [2.24, 2.45) is 4.99 Å². The molecule has 0 N–H and O–H groups in total. The molecule has 0 aliphatic carbocycles. The second-order valence-electron chi connectivity index (χ2n) is 2.36. The van der Waals surface area contributed by atoms with Crippen LogP contribution in [0.4, 0.5) is 18.9 Å². The van der Waals surface area contributed by atoms with Gasteiger partial charge in [-0.05, 0) is 18.2 Å². The maximum Gasteiger partial charge on any atom is 0.573 e.